The lowest BCUT2D eigenvalue weighted by Gasteiger charge is -2.36. The highest BCUT2D eigenvalue weighted by Crippen LogP contribution is 2.42. The van der Waals surface area contributed by atoms with Crippen molar-refractivity contribution in [3.63, 3.8) is 0 Å². The molecule has 0 aromatic heterocycles. The Morgan fingerprint density at radius 3 is 2.18 bits per heavy atom. The van der Waals surface area contributed by atoms with Gasteiger partial charge in [-0.1, -0.05) is 0 Å². The number of methoxy groups -OCH3 is 3. The fourth-order valence-electron chi connectivity index (χ4n) is 4.08. The van der Waals surface area contributed by atoms with E-state index < -0.39 is 22.0 Å². The van der Waals surface area contributed by atoms with E-state index >= 15 is 0 Å². The zero-order chi connectivity index (χ0) is 24.9. The van der Waals surface area contributed by atoms with Crippen molar-refractivity contribution in [3.8, 4) is 23.0 Å². The van der Waals surface area contributed by atoms with Crippen molar-refractivity contribution in [2.45, 2.75) is 37.6 Å². The van der Waals surface area contributed by atoms with Gasteiger partial charge in [-0.3, -0.25) is 4.79 Å². The summed E-state index contributed by atoms with van der Waals surface area (Å²) >= 11 is 0. The van der Waals surface area contributed by atoms with Crippen molar-refractivity contribution in [3.05, 3.63) is 41.5 Å². The molecule has 2 aromatic rings. The Morgan fingerprint density at radius 1 is 0.941 bits per heavy atom. The average molecular weight is 494 g/mol. The van der Waals surface area contributed by atoms with Crippen molar-refractivity contribution in [1.82, 2.24) is 4.31 Å². The van der Waals surface area contributed by atoms with Crippen LogP contribution in [0.1, 0.15) is 37.4 Å². The average Bonchev–Trinajstić information content (AvgIpc) is 2.84. The number of sulfonamides is 1. The van der Waals surface area contributed by atoms with E-state index in [1.165, 1.54) is 37.8 Å². The van der Waals surface area contributed by atoms with E-state index in [4.69, 9.17) is 23.7 Å². The molecule has 9 nitrogen and oxygen atoms in total. The summed E-state index contributed by atoms with van der Waals surface area (Å²) in [5.74, 6) is 1.29. The molecule has 186 valence electrons. The largest absolute Gasteiger partial charge is 0.493 e. The van der Waals surface area contributed by atoms with Crippen LogP contribution in [-0.4, -0.2) is 59.8 Å². The predicted octanol–water partition coefficient (Wildman–Crippen LogP) is 3.35. The van der Waals surface area contributed by atoms with Gasteiger partial charge in [0, 0.05) is 12.6 Å². The first-order valence-electron chi connectivity index (χ1n) is 11.0. The molecule has 0 radical (unpaired) electrons. The lowest BCUT2D eigenvalue weighted by Crippen LogP contribution is -2.41. The van der Waals surface area contributed by atoms with Gasteiger partial charge in [0.1, 0.15) is 0 Å². The third-order valence-corrected chi connectivity index (χ3v) is 7.57. The maximum Gasteiger partial charge on any atom is 0.307 e. The van der Waals surface area contributed by atoms with E-state index in [1.807, 2.05) is 19.9 Å². The minimum absolute atomic E-state index is 0.0411. The molecule has 0 aliphatic carbocycles. The fraction of sp³-hybridized carbons (Fsp3) is 0.458. The van der Waals surface area contributed by atoms with Gasteiger partial charge >= 0.3 is 5.97 Å². The van der Waals surface area contributed by atoms with Gasteiger partial charge in [-0.25, -0.2) is 8.42 Å². The zero-order valence-electron chi connectivity index (χ0n) is 20.1. The summed E-state index contributed by atoms with van der Waals surface area (Å²) in [7, 11) is 0.208. The first kappa shape index (κ1) is 25.6. The van der Waals surface area contributed by atoms with Gasteiger partial charge < -0.3 is 23.7 Å². The number of fused-ring (bicyclic) bond motifs is 1. The number of carbonyl (C=O) groups excluding carboxylic acids is 1. The molecular formula is C24H31NO8S. The summed E-state index contributed by atoms with van der Waals surface area (Å²) in [6, 6.07) is 7.29. The number of hydrogen-bond acceptors (Lipinski definition) is 8. The number of benzene rings is 2. The summed E-state index contributed by atoms with van der Waals surface area (Å²) in [6.07, 6.45) is 0.307. The normalized spacial score (nSPS) is 15.9. The molecule has 0 saturated carbocycles. The molecule has 0 saturated heterocycles. The second kappa shape index (κ2) is 11.0. The Morgan fingerprint density at radius 2 is 1.59 bits per heavy atom. The standard InChI is InChI=1S/C24H31NO8S/c1-6-32-22-12-16-10-11-25(19(15-24(26)31-5)18(16)14-23(22)33-7-2)34(27,28)17-8-9-20(29-3)21(13-17)30-4/h8-9,12-14,19H,6-7,10-11,15H2,1-5H3/t19-/m1/s1. The van der Waals surface area contributed by atoms with E-state index in [9.17, 15) is 13.2 Å². The SMILES string of the molecule is CCOc1cc2c(cc1OCC)[C@@H](CC(=O)OC)N(S(=O)(=O)c1ccc(OC)c(OC)c1)CC2. The van der Waals surface area contributed by atoms with Crippen molar-refractivity contribution in [1.29, 1.82) is 0 Å². The molecule has 0 amide bonds. The van der Waals surface area contributed by atoms with Crippen LogP contribution in [0.4, 0.5) is 0 Å². The molecule has 1 aliphatic rings. The number of rotatable bonds is 10. The highest BCUT2D eigenvalue weighted by atomic mass is 32.2. The van der Waals surface area contributed by atoms with Gasteiger partial charge in [-0.15, -0.1) is 0 Å². The van der Waals surface area contributed by atoms with Crippen LogP contribution in [0, 0.1) is 0 Å². The molecule has 3 rings (SSSR count). The van der Waals surface area contributed by atoms with Crippen molar-refractivity contribution >= 4 is 16.0 Å². The second-order valence-corrected chi connectivity index (χ2v) is 9.43. The van der Waals surface area contributed by atoms with Crippen LogP contribution >= 0.6 is 0 Å². The van der Waals surface area contributed by atoms with Gasteiger partial charge in [-0.05, 0) is 55.7 Å². The summed E-state index contributed by atoms with van der Waals surface area (Å²) < 4.78 is 55.7. The molecule has 34 heavy (non-hydrogen) atoms. The fourth-order valence-corrected chi connectivity index (χ4v) is 5.70. The predicted molar refractivity (Wildman–Crippen MR) is 125 cm³/mol. The van der Waals surface area contributed by atoms with Crippen LogP contribution in [0.2, 0.25) is 0 Å². The van der Waals surface area contributed by atoms with E-state index in [0.717, 1.165) is 5.56 Å². The van der Waals surface area contributed by atoms with Crippen molar-refractivity contribution in [2.24, 2.45) is 0 Å². The van der Waals surface area contributed by atoms with Gasteiger partial charge in [0.15, 0.2) is 23.0 Å². The molecule has 0 unspecified atom stereocenters. The molecular weight excluding hydrogens is 462 g/mol. The lowest BCUT2D eigenvalue weighted by atomic mass is 9.91. The quantitative estimate of drug-likeness (QED) is 0.465. The first-order chi connectivity index (χ1) is 16.3. The Balaban J connectivity index is 2.11. The maximum atomic E-state index is 13.7. The smallest absolute Gasteiger partial charge is 0.307 e. The summed E-state index contributed by atoms with van der Waals surface area (Å²) in [5, 5.41) is 0. The molecule has 1 aliphatic heterocycles. The Bertz CT molecular complexity index is 1130. The topological polar surface area (TPSA) is 101 Å². The third-order valence-electron chi connectivity index (χ3n) is 5.66. The molecule has 1 heterocycles. The number of hydrogen-bond donors (Lipinski definition) is 0. The highest BCUT2D eigenvalue weighted by Gasteiger charge is 2.39. The molecule has 0 bridgehead atoms. The van der Waals surface area contributed by atoms with Crippen LogP contribution in [0.5, 0.6) is 23.0 Å². The lowest BCUT2D eigenvalue weighted by molar-refractivity contribution is -0.141. The molecule has 0 spiro atoms. The maximum absolute atomic E-state index is 13.7. The van der Waals surface area contributed by atoms with E-state index in [-0.39, 0.29) is 17.9 Å². The summed E-state index contributed by atoms with van der Waals surface area (Å²) in [4.78, 5) is 12.4. The molecule has 0 fully saturated rings. The zero-order valence-corrected chi connectivity index (χ0v) is 20.9. The number of esters is 1. The van der Waals surface area contributed by atoms with E-state index in [1.54, 1.807) is 12.1 Å². The van der Waals surface area contributed by atoms with Crippen LogP contribution in [0.15, 0.2) is 35.2 Å². The van der Waals surface area contributed by atoms with E-state index in [2.05, 4.69) is 0 Å². The Kier molecular flexibility index (Phi) is 8.27. The van der Waals surface area contributed by atoms with E-state index in [0.29, 0.717) is 48.2 Å². The monoisotopic (exact) mass is 493 g/mol. The third kappa shape index (κ3) is 5.07. The van der Waals surface area contributed by atoms with Crippen LogP contribution in [-0.2, 0) is 26.0 Å². The Labute approximate surface area is 200 Å². The summed E-state index contributed by atoms with van der Waals surface area (Å²) in [6.45, 7) is 4.80. The number of carbonyl (C=O) groups is 1. The number of nitrogens with zero attached hydrogens (tertiary/aromatic N) is 1. The van der Waals surface area contributed by atoms with Gasteiger partial charge in [-0.2, -0.15) is 4.31 Å². The van der Waals surface area contributed by atoms with Gasteiger partial charge in [0.2, 0.25) is 10.0 Å². The van der Waals surface area contributed by atoms with Gasteiger partial charge in [0.25, 0.3) is 0 Å². The minimum Gasteiger partial charge on any atom is -0.493 e. The van der Waals surface area contributed by atoms with Crippen LogP contribution < -0.4 is 18.9 Å². The van der Waals surface area contributed by atoms with Crippen molar-refractivity contribution < 1.29 is 36.9 Å². The van der Waals surface area contributed by atoms with Crippen LogP contribution in [0.3, 0.4) is 0 Å². The molecule has 10 heteroatoms. The Hall–Kier alpha value is -2.98. The molecule has 1 atom stereocenters. The van der Waals surface area contributed by atoms with Gasteiger partial charge in [0.05, 0.1) is 51.9 Å². The van der Waals surface area contributed by atoms with Crippen LogP contribution in [0.25, 0.3) is 0 Å². The summed E-state index contributed by atoms with van der Waals surface area (Å²) in [5.41, 5.74) is 1.59. The second-order valence-electron chi connectivity index (χ2n) is 7.54. The number of ether oxygens (including phenoxy) is 5. The molecule has 0 N–H and O–H groups in total. The first-order valence-corrected chi connectivity index (χ1v) is 12.5. The molecule has 2 aromatic carbocycles. The minimum atomic E-state index is -3.99. The highest BCUT2D eigenvalue weighted by molar-refractivity contribution is 7.89. The van der Waals surface area contributed by atoms with Crippen molar-refractivity contribution in [2.75, 3.05) is 41.1 Å².